The molecule has 0 heterocycles. The van der Waals surface area contributed by atoms with Gasteiger partial charge in [-0.15, -0.1) is 0 Å². The summed E-state index contributed by atoms with van der Waals surface area (Å²) in [6.07, 6.45) is 23.7. The van der Waals surface area contributed by atoms with Crippen molar-refractivity contribution in [3.8, 4) is 0 Å². The number of allylic oxidation sites excluding steroid dienone is 4. The lowest BCUT2D eigenvalue weighted by molar-refractivity contribution is -0.148. The fourth-order valence-electron chi connectivity index (χ4n) is 3.11. The lowest BCUT2D eigenvalue weighted by Gasteiger charge is -2.24. The smallest absolute Gasteiger partial charge is 0.326 e. The first-order valence-electron chi connectivity index (χ1n) is 11.0. The van der Waals surface area contributed by atoms with E-state index in [9.17, 15) is 14.7 Å². The molecule has 4 heteroatoms. The van der Waals surface area contributed by atoms with Crippen molar-refractivity contribution >= 4 is 11.9 Å². The van der Waals surface area contributed by atoms with Crippen LogP contribution in [0.25, 0.3) is 0 Å². The van der Waals surface area contributed by atoms with E-state index in [0.717, 1.165) is 32.1 Å². The van der Waals surface area contributed by atoms with Crippen LogP contribution < -0.4 is 0 Å². The van der Waals surface area contributed by atoms with Gasteiger partial charge in [0.25, 0.3) is 0 Å². The average molecular weight is 392 g/mol. The van der Waals surface area contributed by atoms with Crippen molar-refractivity contribution in [1.29, 1.82) is 0 Å². The number of hydrogen-bond donors (Lipinski definition) is 1. The summed E-state index contributed by atoms with van der Waals surface area (Å²) in [5.74, 6) is -1.12. The highest BCUT2D eigenvalue weighted by molar-refractivity contribution is 5.84. The monoisotopic (exact) mass is 391 g/mol. The maximum absolute atomic E-state index is 12.2. The number of unbranched alkanes of at least 4 members (excludes halogenated alkanes) is 8. The number of nitrogens with zero attached hydrogens (tertiary/aromatic N) is 1. The summed E-state index contributed by atoms with van der Waals surface area (Å²) in [5, 5.41) is 9.18. The van der Waals surface area contributed by atoms with Crippen LogP contribution in [0.3, 0.4) is 0 Å². The van der Waals surface area contributed by atoms with Gasteiger partial charge in [-0.2, -0.15) is 0 Å². The molecule has 0 spiro atoms. The van der Waals surface area contributed by atoms with Crippen LogP contribution in [0.5, 0.6) is 0 Å². The van der Waals surface area contributed by atoms with Crippen LogP contribution in [0, 0.1) is 0 Å². The maximum Gasteiger partial charge on any atom is 0.326 e. The van der Waals surface area contributed by atoms with E-state index in [0.29, 0.717) is 12.8 Å². The molecule has 0 radical (unpaired) electrons. The van der Waals surface area contributed by atoms with Crippen molar-refractivity contribution in [2.75, 3.05) is 0 Å². The second-order valence-electron chi connectivity index (χ2n) is 7.23. The van der Waals surface area contributed by atoms with Crippen molar-refractivity contribution in [1.82, 2.24) is 4.90 Å². The molecule has 0 fully saturated rings. The van der Waals surface area contributed by atoms with Crippen LogP contribution in [0.15, 0.2) is 37.1 Å². The van der Waals surface area contributed by atoms with E-state index < -0.39 is 12.0 Å². The van der Waals surface area contributed by atoms with Gasteiger partial charge < -0.3 is 10.0 Å². The number of aliphatic carboxylic acids is 1. The Balaban J connectivity index is 3.70. The van der Waals surface area contributed by atoms with Gasteiger partial charge in [-0.05, 0) is 44.9 Å². The van der Waals surface area contributed by atoms with Crippen LogP contribution in [-0.2, 0) is 9.59 Å². The van der Waals surface area contributed by atoms with Crippen LogP contribution in [0.4, 0.5) is 0 Å². The lowest BCUT2D eigenvalue weighted by atomic mass is 10.1. The zero-order valence-electron chi connectivity index (χ0n) is 18.1. The number of amides is 1. The van der Waals surface area contributed by atoms with Crippen molar-refractivity contribution in [3.05, 3.63) is 37.1 Å². The van der Waals surface area contributed by atoms with E-state index in [-0.39, 0.29) is 5.91 Å². The molecule has 0 aliphatic rings. The molecule has 0 saturated carbocycles. The topological polar surface area (TPSA) is 57.6 Å². The number of carboxylic acids is 1. The third kappa shape index (κ3) is 13.3. The third-order valence-electron chi connectivity index (χ3n) is 4.83. The zero-order valence-corrected chi connectivity index (χ0v) is 18.1. The highest BCUT2D eigenvalue weighted by Gasteiger charge is 2.25. The van der Waals surface area contributed by atoms with Crippen LogP contribution >= 0.6 is 0 Å². The molecule has 0 aromatic carbocycles. The Morgan fingerprint density at radius 1 is 0.893 bits per heavy atom. The number of carbonyl (C=O) groups is 2. The first-order valence-corrected chi connectivity index (χ1v) is 11.0. The summed E-state index contributed by atoms with van der Waals surface area (Å²) < 4.78 is 0. The second-order valence-corrected chi connectivity index (χ2v) is 7.23. The van der Waals surface area contributed by atoms with Gasteiger partial charge in [0.1, 0.15) is 6.04 Å². The Morgan fingerprint density at radius 3 is 2.00 bits per heavy atom. The summed E-state index contributed by atoms with van der Waals surface area (Å²) in [7, 11) is 0. The normalized spacial score (nSPS) is 12.5. The van der Waals surface area contributed by atoms with Crippen molar-refractivity contribution < 1.29 is 14.7 Å². The van der Waals surface area contributed by atoms with Gasteiger partial charge in [-0.3, -0.25) is 4.79 Å². The molecule has 1 atom stereocenters. The maximum atomic E-state index is 12.2. The van der Waals surface area contributed by atoms with Crippen molar-refractivity contribution in [2.45, 2.75) is 103 Å². The SMILES string of the molecule is C=CN(C(=O)CCCCCCCC=CCC=CCCCCC)C(CC)C(=O)O. The zero-order chi connectivity index (χ0) is 21.0. The number of carboxylic acid groups (broad SMARTS) is 1. The largest absolute Gasteiger partial charge is 0.480 e. The minimum atomic E-state index is -0.976. The molecule has 28 heavy (non-hydrogen) atoms. The van der Waals surface area contributed by atoms with Crippen molar-refractivity contribution in [2.24, 2.45) is 0 Å². The molecule has 0 aliphatic carbocycles. The molecule has 0 aromatic heterocycles. The van der Waals surface area contributed by atoms with Crippen LogP contribution in [-0.4, -0.2) is 27.9 Å². The molecule has 4 nitrogen and oxygen atoms in total. The molecule has 1 amide bonds. The fraction of sp³-hybridized carbons (Fsp3) is 0.667. The van der Waals surface area contributed by atoms with E-state index in [1.165, 1.54) is 49.6 Å². The molecule has 0 bridgehead atoms. The van der Waals surface area contributed by atoms with E-state index in [4.69, 9.17) is 0 Å². The predicted molar refractivity (Wildman–Crippen MR) is 118 cm³/mol. The summed E-state index contributed by atoms with van der Waals surface area (Å²) >= 11 is 0. The summed E-state index contributed by atoms with van der Waals surface area (Å²) in [6.45, 7) is 7.58. The van der Waals surface area contributed by atoms with Gasteiger partial charge in [0.15, 0.2) is 0 Å². The minimum absolute atomic E-state index is 0.144. The fourth-order valence-corrected chi connectivity index (χ4v) is 3.11. The summed E-state index contributed by atoms with van der Waals surface area (Å²) in [6, 6.07) is -0.803. The molecule has 0 aliphatic heterocycles. The summed E-state index contributed by atoms with van der Waals surface area (Å²) in [4.78, 5) is 24.7. The van der Waals surface area contributed by atoms with E-state index >= 15 is 0 Å². The highest BCUT2D eigenvalue weighted by Crippen LogP contribution is 2.12. The number of rotatable bonds is 18. The van der Waals surface area contributed by atoms with E-state index in [1.54, 1.807) is 6.92 Å². The summed E-state index contributed by atoms with van der Waals surface area (Å²) in [5.41, 5.74) is 0. The first-order chi connectivity index (χ1) is 13.6. The molecular weight excluding hydrogens is 350 g/mol. The first kappa shape index (κ1) is 26.2. The molecule has 0 aromatic rings. The predicted octanol–water partition coefficient (Wildman–Crippen LogP) is 6.64. The average Bonchev–Trinajstić information content (AvgIpc) is 2.68. The Hall–Kier alpha value is -1.84. The molecule has 1 unspecified atom stereocenters. The van der Waals surface area contributed by atoms with Crippen LogP contribution in [0.2, 0.25) is 0 Å². The molecule has 1 N–H and O–H groups in total. The molecule has 0 saturated heterocycles. The Kier molecular flexibility index (Phi) is 17.3. The number of carbonyl (C=O) groups excluding carboxylic acids is 1. The Morgan fingerprint density at radius 2 is 1.46 bits per heavy atom. The quantitative estimate of drug-likeness (QED) is 0.210. The molecular formula is C24H41NO3. The van der Waals surface area contributed by atoms with Gasteiger partial charge in [-0.1, -0.05) is 76.8 Å². The standard InChI is InChI=1S/C24H41NO3/c1-4-7-8-9-10-11-12-13-14-15-16-17-18-19-20-21-23(26)25(6-3)22(5-2)24(27)28/h6,10-11,13-14,22H,3-5,7-9,12,15-21H2,1-2H3,(H,27,28). The number of hydrogen-bond acceptors (Lipinski definition) is 2. The highest BCUT2D eigenvalue weighted by atomic mass is 16.4. The lowest BCUT2D eigenvalue weighted by Crippen LogP contribution is -2.40. The van der Waals surface area contributed by atoms with Gasteiger partial charge in [0.05, 0.1) is 0 Å². The Bertz CT molecular complexity index is 482. The molecule has 0 rings (SSSR count). The van der Waals surface area contributed by atoms with Gasteiger partial charge in [-0.25, -0.2) is 4.79 Å². The third-order valence-corrected chi connectivity index (χ3v) is 4.83. The second kappa shape index (κ2) is 18.5. The minimum Gasteiger partial charge on any atom is -0.480 e. The van der Waals surface area contributed by atoms with Gasteiger partial charge in [0, 0.05) is 12.6 Å². The van der Waals surface area contributed by atoms with Gasteiger partial charge in [0.2, 0.25) is 5.91 Å². The van der Waals surface area contributed by atoms with E-state index in [1.807, 2.05) is 0 Å². The van der Waals surface area contributed by atoms with E-state index in [2.05, 4.69) is 37.8 Å². The van der Waals surface area contributed by atoms with Gasteiger partial charge >= 0.3 is 5.97 Å². The van der Waals surface area contributed by atoms with Crippen LogP contribution in [0.1, 0.15) is 97.3 Å². The Labute approximate surface area is 172 Å². The molecule has 160 valence electrons. The van der Waals surface area contributed by atoms with Crippen molar-refractivity contribution in [3.63, 3.8) is 0 Å².